The second kappa shape index (κ2) is 7.36. The molecule has 0 atom stereocenters. The van der Waals surface area contributed by atoms with E-state index < -0.39 is 10.0 Å². The Hall–Kier alpha value is -2.35. The number of piperidine rings is 1. The quantitative estimate of drug-likeness (QED) is 0.681. The Morgan fingerprint density at radius 3 is 2.45 bits per heavy atom. The predicted octanol–water partition coefficient (Wildman–Crippen LogP) is 3.01. The lowest BCUT2D eigenvalue weighted by Crippen LogP contribution is -2.53. The molecule has 0 aliphatic carbocycles. The number of benzene rings is 2. The third-order valence-corrected chi connectivity index (χ3v) is 8.78. The number of aromatic nitrogens is 1. The minimum Gasteiger partial charge on any atom is -0.377 e. The summed E-state index contributed by atoms with van der Waals surface area (Å²) >= 11 is 0. The molecule has 0 radical (unpaired) electrons. The largest absolute Gasteiger partial charge is 0.377 e. The number of hydrogen-bond donors (Lipinski definition) is 1. The molecule has 2 aromatic carbocycles. The van der Waals surface area contributed by atoms with Gasteiger partial charge < -0.3 is 15.1 Å². The molecule has 0 amide bonds. The van der Waals surface area contributed by atoms with E-state index in [1.54, 1.807) is 16.2 Å². The molecule has 6 nitrogen and oxygen atoms in total. The molecule has 1 fully saturated rings. The van der Waals surface area contributed by atoms with E-state index in [1.165, 1.54) is 0 Å². The van der Waals surface area contributed by atoms with Gasteiger partial charge in [-0.25, -0.2) is 12.4 Å². The molecule has 164 valence electrons. The third kappa shape index (κ3) is 3.18. The average Bonchev–Trinajstić information content (AvgIpc) is 3.21. The van der Waals surface area contributed by atoms with E-state index in [0.29, 0.717) is 11.3 Å². The summed E-state index contributed by atoms with van der Waals surface area (Å²) in [5, 5.41) is 5.44. The minimum absolute atomic E-state index is 0.113. The maximum atomic E-state index is 13.9. The van der Waals surface area contributed by atoms with Crippen LogP contribution < -0.4 is 10.2 Å². The number of hydrogen-bond acceptors (Lipinski definition) is 5. The van der Waals surface area contributed by atoms with E-state index >= 15 is 0 Å². The van der Waals surface area contributed by atoms with Crippen LogP contribution in [0.25, 0.3) is 10.8 Å². The Morgan fingerprint density at radius 2 is 1.71 bits per heavy atom. The van der Waals surface area contributed by atoms with Crippen LogP contribution in [0, 0.1) is 0 Å². The fourth-order valence-electron chi connectivity index (χ4n) is 5.30. The molecule has 7 heteroatoms. The molecular weight excluding hydrogens is 408 g/mol. The molecule has 0 unspecified atom stereocenters. The topological polar surface area (TPSA) is 57.6 Å². The smallest absolute Gasteiger partial charge is 0.268 e. The number of fused-ring (bicyclic) bond motifs is 3. The molecule has 1 saturated heterocycles. The van der Waals surface area contributed by atoms with E-state index in [0.717, 1.165) is 60.2 Å². The van der Waals surface area contributed by atoms with Gasteiger partial charge in [0, 0.05) is 61.0 Å². The zero-order chi connectivity index (χ0) is 21.8. The standard InChI is InChI=1S/C24H30N4O2S/c1-26(2)21-8-4-7-19-18(21)6-5-9-23(19)31(29,30)28-15-11-20-22(28)10-14-25-24(20)12-16-27(3)17-13-24/h4-9,11,15,25H,10,12-14,16-17H2,1-3H3. The lowest BCUT2D eigenvalue weighted by molar-refractivity contribution is 0.150. The Balaban J connectivity index is 1.64. The van der Waals surface area contributed by atoms with E-state index in [9.17, 15) is 8.42 Å². The summed E-state index contributed by atoms with van der Waals surface area (Å²) in [7, 11) is 2.39. The van der Waals surface area contributed by atoms with Crippen LogP contribution in [0.2, 0.25) is 0 Å². The van der Waals surface area contributed by atoms with Crippen molar-refractivity contribution in [3.05, 3.63) is 59.9 Å². The number of likely N-dealkylation sites (tertiary alicyclic amines) is 1. The molecule has 3 heterocycles. The van der Waals surface area contributed by atoms with Crippen LogP contribution in [0.3, 0.4) is 0 Å². The number of rotatable bonds is 3. The van der Waals surface area contributed by atoms with Gasteiger partial charge in [0.2, 0.25) is 0 Å². The van der Waals surface area contributed by atoms with Crippen molar-refractivity contribution in [2.24, 2.45) is 0 Å². The van der Waals surface area contributed by atoms with Crippen molar-refractivity contribution in [1.82, 2.24) is 14.2 Å². The highest BCUT2D eigenvalue weighted by atomic mass is 32.2. The Labute approximate surface area is 184 Å². The average molecular weight is 439 g/mol. The molecule has 1 spiro atoms. The summed E-state index contributed by atoms with van der Waals surface area (Å²) in [6, 6.07) is 13.5. The first-order valence-electron chi connectivity index (χ1n) is 10.9. The fraction of sp³-hybridized carbons (Fsp3) is 0.417. The van der Waals surface area contributed by atoms with Gasteiger partial charge in [0.1, 0.15) is 0 Å². The van der Waals surface area contributed by atoms with E-state index in [2.05, 4.69) is 17.3 Å². The summed E-state index contributed by atoms with van der Waals surface area (Å²) < 4.78 is 29.4. The summed E-state index contributed by atoms with van der Waals surface area (Å²) in [4.78, 5) is 4.72. The Kier molecular flexibility index (Phi) is 4.88. The van der Waals surface area contributed by atoms with Gasteiger partial charge in [0.15, 0.2) is 0 Å². The number of nitrogens with zero attached hydrogens (tertiary/aromatic N) is 3. The van der Waals surface area contributed by atoms with Crippen molar-refractivity contribution in [2.45, 2.75) is 29.7 Å². The Morgan fingerprint density at radius 1 is 1.00 bits per heavy atom. The number of anilines is 1. The normalized spacial score (nSPS) is 18.9. The first kappa shape index (κ1) is 20.5. The molecule has 0 bridgehead atoms. The molecule has 0 saturated carbocycles. The lowest BCUT2D eigenvalue weighted by Gasteiger charge is -2.44. The van der Waals surface area contributed by atoms with Crippen molar-refractivity contribution in [3.8, 4) is 0 Å². The first-order valence-corrected chi connectivity index (χ1v) is 12.4. The third-order valence-electron chi connectivity index (χ3n) is 7.01. The monoisotopic (exact) mass is 438 g/mol. The zero-order valence-electron chi connectivity index (χ0n) is 18.4. The van der Waals surface area contributed by atoms with Gasteiger partial charge in [-0.15, -0.1) is 0 Å². The van der Waals surface area contributed by atoms with Crippen molar-refractivity contribution in [3.63, 3.8) is 0 Å². The van der Waals surface area contributed by atoms with Gasteiger partial charge >= 0.3 is 0 Å². The van der Waals surface area contributed by atoms with Crippen molar-refractivity contribution < 1.29 is 8.42 Å². The molecule has 1 aromatic heterocycles. The van der Waals surface area contributed by atoms with Crippen LogP contribution in [0.4, 0.5) is 5.69 Å². The summed E-state index contributed by atoms with van der Waals surface area (Å²) in [6.07, 6.45) is 4.48. The number of nitrogens with one attached hydrogen (secondary N) is 1. The highest BCUT2D eigenvalue weighted by Gasteiger charge is 2.41. The van der Waals surface area contributed by atoms with Crippen LogP contribution in [0.15, 0.2) is 53.6 Å². The maximum Gasteiger partial charge on any atom is 0.268 e. The second-order valence-corrected chi connectivity index (χ2v) is 10.8. The SMILES string of the molecule is CN1CCC2(CC1)NCCc1c2ccn1S(=O)(=O)c1cccc2c(N(C)C)cccc12. The van der Waals surface area contributed by atoms with Gasteiger partial charge in [-0.05, 0) is 56.7 Å². The summed E-state index contributed by atoms with van der Waals surface area (Å²) in [6.45, 7) is 2.83. The minimum atomic E-state index is -3.71. The molecule has 5 rings (SSSR count). The van der Waals surface area contributed by atoms with E-state index in [1.807, 2.05) is 55.4 Å². The highest BCUT2D eigenvalue weighted by molar-refractivity contribution is 7.90. The maximum absolute atomic E-state index is 13.9. The van der Waals surface area contributed by atoms with E-state index in [4.69, 9.17) is 0 Å². The Bertz CT molecular complexity index is 1240. The van der Waals surface area contributed by atoms with Crippen LogP contribution >= 0.6 is 0 Å². The molecule has 1 N–H and O–H groups in total. The summed E-state index contributed by atoms with van der Waals surface area (Å²) in [5.74, 6) is 0. The highest BCUT2D eigenvalue weighted by Crippen LogP contribution is 2.39. The second-order valence-electron chi connectivity index (χ2n) is 9.06. The molecule has 3 aromatic rings. The van der Waals surface area contributed by atoms with Crippen molar-refractivity contribution in [1.29, 1.82) is 0 Å². The van der Waals surface area contributed by atoms with Gasteiger partial charge in [-0.2, -0.15) is 0 Å². The predicted molar refractivity (Wildman–Crippen MR) is 125 cm³/mol. The molecule has 2 aliphatic rings. The summed E-state index contributed by atoms with van der Waals surface area (Å²) in [5.41, 5.74) is 2.99. The van der Waals surface area contributed by atoms with E-state index in [-0.39, 0.29) is 5.54 Å². The zero-order valence-corrected chi connectivity index (χ0v) is 19.2. The molecule has 31 heavy (non-hydrogen) atoms. The van der Waals surface area contributed by atoms with Crippen LogP contribution in [-0.2, 0) is 22.0 Å². The van der Waals surface area contributed by atoms with Crippen molar-refractivity contribution in [2.75, 3.05) is 45.7 Å². The molecular formula is C24H30N4O2S. The van der Waals surface area contributed by atoms with Crippen LogP contribution in [0.1, 0.15) is 24.1 Å². The van der Waals surface area contributed by atoms with Gasteiger partial charge in [0.05, 0.1) is 4.90 Å². The van der Waals surface area contributed by atoms with Crippen molar-refractivity contribution >= 4 is 26.5 Å². The van der Waals surface area contributed by atoms with Gasteiger partial charge in [-0.3, -0.25) is 0 Å². The van der Waals surface area contributed by atoms with Gasteiger partial charge in [-0.1, -0.05) is 24.3 Å². The fourth-order valence-corrected chi connectivity index (χ4v) is 6.92. The van der Waals surface area contributed by atoms with Crippen LogP contribution in [-0.4, -0.2) is 58.1 Å². The lowest BCUT2D eigenvalue weighted by atomic mass is 9.78. The van der Waals surface area contributed by atoms with Crippen LogP contribution in [0.5, 0.6) is 0 Å². The molecule has 2 aliphatic heterocycles. The first-order chi connectivity index (χ1) is 14.8. The van der Waals surface area contributed by atoms with Gasteiger partial charge in [0.25, 0.3) is 10.0 Å².